The van der Waals surface area contributed by atoms with E-state index < -0.39 is 0 Å². The number of hydrogen-bond acceptors (Lipinski definition) is 4. The molecule has 0 aliphatic heterocycles. The molecule has 0 aliphatic rings. The van der Waals surface area contributed by atoms with Crippen LogP contribution in [0.5, 0.6) is 0 Å². The van der Waals surface area contributed by atoms with Crippen LogP contribution in [0.3, 0.4) is 0 Å². The number of benzene rings is 11. The van der Waals surface area contributed by atoms with Crippen molar-refractivity contribution in [3.63, 3.8) is 0 Å². The van der Waals surface area contributed by atoms with Gasteiger partial charge in [0.25, 0.3) is 0 Å². The van der Waals surface area contributed by atoms with Gasteiger partial charge < -0.3 is 18.2 Å². The first-order valence-corrected chi connectivity index (χ1v) is 23.0. The van der Waals surface area contributed by atoms with E-state index >= 15 is 0 Å². The maximum absolute atomic E-state index is 6.26. The summed E-state index contributed by atoms with van der Waals surface area (Å²) in [5.74, 6) is 0. The van der Waals surface area contributed by atoms with Gasteiger partial charge in [-0.15, -0.1) is 0 Å². The second-order valence-corrected chi connectivity index (χ2v) is 17.6. The third-order valence-corrected chi connectivity index (χ3v) is 13.7. The summed E-state index contributed by atoms with van der Waals surface area (Å²) in [6, 6.07) is 84.1. The van der Waals surface area contributed by atoms with Crippen molar-refractivity contribution in [2.75, 3.05) is 4.90 Å². The standard InChI is InChI=1S/C64H39NO3/c1-4-16-56-53(10-1)62-50(13-7-19-59(62)66-56)41-28-34-48(35-29-41)65(49-36-30-42(31-37-49)51-14-8-20-60-63(51)54-11-2-5-17-57(54)67-60)47-32-26-40(27-33-47)43-22-23-45-39-46(25-24-44(45)38-43)52-15-9-21-61-64(52)55-12-3-6-18-58(55)68-61/h1-39H. The first kappa shape index (κ1) is 38.2. The van der Waals surface area contributed by atoms with Crippen molar-refractivity contribution in [3.05, 3.63) is 237 Å². The van der Waals surface area contributed by atoms with Gasteiger partial charge in [0.2, 0.25) is 0 Å². The molecule has 0 amide bonds. The lowest BCUT2D eigenvalue weighted by Crippen LogP contribution is -2.09. The summed E-state index contributed by atoms with van der Waals surface area (Å²) in [5, 5.41) is 9.19. The van der Waals surface area contributed by atoms with Crippen molar-refractivity contribution in [1.29, 1.82) is 0 Å². The largest absolute Gasteiger partial charge is 0.456 e. The van der Waals surface area contributed by atoms with E-state index in [1.54, 1.807) is 0 Å². The van der Waals surface area contributed by atoms with Gasteiger partial charge in [0.05, 0.1) is 0 Å². The third-order valence-electron chi connectivity index (χ3n) is 13.7. The zero-order valence-corrected chi connectivity index (χ0v) is 36.7. The fraction of sp³-hybridized carbons (Fsp3) is 0. The minimum Gasteiger partial charge on any atom is -0.456 e. The van der Waals surface area contributed by atoms with Crippen LogP contribution in [0.15, 0.2) is 250 Å². The van der Waals surface area contributed by atoms with E-state index in [9.17, 15) is 0 Å². The molecule has 4 heteroatoms. The van der Waals surface area contributed by atoms with Crippen LogP contribution in [0, 0.1) is 0 Å². The van der Waals surface area contributed by atoms with Crippen LogP contribution < -0.4 is 4.90 Å². The zero-order valence-electron chi connectivity index (χ0n) is 36.7. The van der Waals surface area contributed by atoms with Gasteiger partial charge in [0.1, 0.15) is 33.5 Å². The van der Waals surface area contributed by atoms with Crippen molar-refractivity contribution in [2.45, 2.75) is 0 Å². The van der Waals surface area contributed by atoms with Gasteiger partial charge in [-0.2, -0.15) is 0 Å². The van der Waals surface area contributed by atoms with Gasteiger partial charge in [0.15, 0.2) is 0 Å². The van der Waals surface area contributed by atoms with E-state index in [4.69, 9.17) is 13.3 Å². The molecule has 0 unspecified atom stereocenters. The van der Waals surface area contributed by atoms with Crippen molar-refractivity contribution in [2.24, 2.45) is 0 Å². The van der Waals surface area contributed by atoms with E-state index in [2.05, 4.69) is 205 Å². The molecule has 318 valence electrons. The summed E-state index contributed by atoms with van der Waals surface area (Å²) in [5.41, 5.74) is 17.8. The SMILES string of the molecule is c1ccc2c(c1)oc1cccc(-c3ccc(N(c4ccc(-c5ccc6cc(-c7cccc8oc9ccccc9c78)ccc6c5)cc4)c4ccc(-c5cccc6oc7ccccc7c56)cc4)cc3)c12. The summed E-state index contributed by atoms with van der Waals surface area (Å²) in [6.07, 6.45) is 0. The Morgan fingerprint density at radius 3 is 0.985 bits per heavy atom. The Balaban J connectivity index is 0.830. The van der Waals surface area contributed by atoms with E-state index in [1.165, 1.54) is 27.5 Å². The molecule has 0 saturated heterocycles. The number of furan rings is 3. The van der Waals surface area contributed by atoms with Gasteiger partial charge in [-0.3, -0.25) is 0 Å². The van der Waals surface area contributed by atoms with Crippen molar-refractivity contribution in [1.82, 2.24) is 0 Å². The summed E-state index contributed by atoms with van der Waals surface area (Å²) >= 11 is 0. The van der Waals surface area contributed by atoms with Crippen LogP contribution in [0.4, 0.5) is 17.1 Å². The molecule has 0 aliphatic carbocycles. The molecule has 4 nitrogen and oxygen atoms in total. The quantitative estimate of drug-likeness (QED) is 0.160. The highest BCUT2D eigenvalue weighted by atomic mass is 16.3. The molecular formula is C64H39NO3. The smallest absolute Gasteiger partial charge is 0.136 e. The predicted molar refractivity (Wildman–Crippen MR) is 282 cm³/mol. The van der Waals surface area contributed by atoms with Crippen LogP contribution in [0.2, 0.25) is 0 Å². The van der Waals surface area contributed by atoms with Crippen LogP contribution in [-0.2, 0) is 0 Å². The Hall–Kier alpha value is -9.12. The molecule has 11 aromatic carbocycles. The normalized spacial score (nSPS) is 11.8. The highest BCUT2D eigenvalue weighted by molar-refractivity contribution is 6.15. The Bertz CT molecular complexity index is 4090. The topological polar surface area (TPSA) is 42.7 Å². The summed E-state index contributed by atoms with van der Waals surface area (Å²) < 4.78 is 18.7. The van der Waals surface area contributed by atoms with Crippen molar-refractivity contribution in [3.8, 4) is 44.5 Å². The van der Waals surface area contributed by atoms with Crippen LogP contribution in [-0.4, -0.2) is 0 Å². The van der Waals surface area contributed by atoms with Gasteiger partial charge in [0, 0.05) is 49.4 Å². The second-order valence-electron chi connectivity index (χ2n) is 17.6. The molecule has 0 N–H and O–H groups in total. The van der Waals surface area contributed by atoms with Gasteiger partial charge >= 0.3 is 0 Å². The Kier molecular flexibility index (Phi) is 8.55. The minimum absolute atomic E-state index is 0.891. The molecule has 68 heavy (non-hydrogen) atoms. The number of hydrogen-bond donors (Lipinski definition) is 0. The average Bonchev–Trinajstić information content (AvgIpc) is 4.11. The molecule has 3 aromatic heterocycles. The molecule has 0 bridgehead atoms. The van der Waals surface area contributed by atoms with Gasteiger partial charge in [-0.1, -0.05) is 152 Å². The monoisotopic (exact) mass is 869 g/mol. The number of anilines is 3. The zero-order chi connectivity index (χ0) is 44.7. The lowest BCUT2D eigenvalue weighted by atomic mass is 9.95. The average molecular weight is 870 g/mol. The molecule has 0 spiro atoms. The number of rotatable bonds is 7. The molecule has 3 heterocycles. The maximum Gasteiger partial charge on any atom is 0.136 e. The molecular weight excluding hydrogens is 831 g/mol. The summed E-state index contributed by atoms with van der Waals surface area (Å²) in [7, 11) is 0. The first-order chi connectivity index (χ1) is 33.7. The lowest BCUT2D eigenvalue weighted by molar-refractivity contribution is 0.668. The molecule has 0 saturated carbocycles. The second kappa shape index (κ2) is 15.2. The fourth-order valence-corrected chi connectivity index (χ4v) is 10.5. The fourth-order valence-electron chi connectivity index (χ4n) is 10.5. The lowest BCUT2D eigenvalue weighted by Gasteiger charge is -2.26. The van der Waals surface area contributed by atoms with Crippen molar-refractivity contribution < 1.29 is 13.3 Å². The summed E-state index contributed by atoms with van der Waals surface area (Å²) in [6.45, 7) is 0. The molecule has 0 atom stereocenters. The first-order valence-electron chi connectivity index (χ1n) is 23.0. The number of nitrogens with zero attached hydrogens (tertiary/aromatic N) is 1. The van der Waals surface area contributed by atoms with E-state index in [1.807, 2.05) is 36.4 Å². The van der Waals surface area contributed by atoms with E-state index in [-0.39, 0.29) is 0 Å². The number of para-hydroxylation sites is 3. The highest BCUT2D eigenvalue weighted by Crippen LogP contribution is 2.43. The third kappa shape index (κ3) is 6.15. The van der Waals surface area contributed by atoms with Gasteiger partial charge in [-0.25, -0.2) is 0 Å². The Morgan fingerprint density at radius 1 is 0.235 bits per heavy atom. The highest BCUT2D eigenvalue weighted by Gasteiger charge is 2.18. The number of fused-ring (bicyclic) bond motifs is 10. The van der Waals surface area contributed by atoms with Gasteiger partial charge in [-0.05, 0) is 140 Å². The Morgan fingerprint density at radius 2 is 0.559 bits per heavy atom. The van der Waals surface area contributed by atoms with Crippen molar-refractivity contribution >= 4 is 93.7 Å². The van der Waals surface area contributed by atoms with Crippen LogP contribution in [0.1, 0.15) is 0 Å². The summed E-state index contributed by atoms with van der Waals surface area (Å²) in [4.78, 5) is 2.34. The predicted octanol–water partition coefficient (Wildman–Crippen LogP) is 18.7. The Labute approximate surface area is 391 Å². The molecule has 0 radical (unpaired) electrons. The van der Waals surface area contributed by atoms with E-state index in [0.29, 0.717) is 0 Å². The maximum atomic E-state index is 6.26. The van der Waals surface area contributed by atoms with E-state index in [0.717, 1.165) is 111 Å². The molecule has 14 rings (SSSR count). The van der Waals surface area contributed by atoms with Crippen LogP contribution >= 0.6 is 0 Å². The molecule has 0 fully saturated rings. The minimum atomic E-state index is 0.891. The molecule has 14 aromatic rings. The van der Waals surface area contributed by atoms with Crippen LogP contribution in [0.25, 0.3) is 121 Å².